The maximum absolute atomic E-state index is 13.4. The van der Waals surface area contributed by atoms with Crippen molar-refractivity contribution in [2.24, 2.45) is 10.9 Å². The standard InChI is InChI=1S/C12H18FN3O/c1-16(8-4-7-12(14)15-17)9-10-5-2-3-6-11(10)13/h2-3,5-6,17H,4,7-9H2,1H3,(H2,14,15). The fraction of sp³-hybridized carbons (Fsp3) is 0.417. The van der Waals surface area contributed by atoms with Crippen molar-refractivity contribution in [2.45, 2.75) is 19.4 Å². The van der Waals surface area contributed by atoms with Crippen molar-refractivity contribution >= 4 is 5.84 Å². The van der Waals surface area contributed by atoms with E-state index in [-0.39, 0.29) is 11.7 Å². The second-order valence-electron chi connectivity index (χ2n) is 4.02. The number of hydrogen-bond donors (Lipinski definition) is 2. The van der Waals surface area contributed by atoms with Gasteiger partial charge in [-0.3, -0.25) is 0 Å². The van der Waals surface area contributed by atoms with Crippen LogP contribution in [0.1, 0.15) is 18.4 Å². The molecule has 0 fully saturated rings. The van der Waals surface area contributed by atoms with E-state index in [1.165, 1.54) is 6.07 Å². The van der Waals surface area contributed by atoms with Crippen molar-refractivity contribution in [1.82, 2.24) is 4.90 Å². The highest BCUT2D eigenvalue weighted by Crippen LogP contribution is 2.09. The normalized spacial score (nSPS) is 12.1. The molecule has 0 amide bonds. The zero-order valence-electron chi connectivity index (χ0n) is 9.93. The number of rotatable bonds is 6. The molecule has 17 heavy (non-hydrogen) atoms. The largest absolute Gasteiger partial charge is 0.409 e. The fourth-order valence-electron chi connectivity index (χ4n) is 1.58. The van der Waals surface area contributed by atoms with Crippen LogP contribution in [0.3, 0.4) is 0 Å². The number of halogens is 1. The van der Waals surface area contributed by atoms with Crippen LogP contribution in [-0.4, -0.2) is 29.5 Å². The molecule has 0 heterocycles. The van der Waals surface area contributed by atoms with E-state index in [1.54, 1.807) is 12.1 Å². The van der Waals surface area contributed by atoms with Gasteiger partial charge in [0, 0.05) is 18.5 Å². The van der Waals surface area contributed by atoms with E-state index < -0.39 is 0 Å². The van der Waals surface area contributed by atoms with E-state index in [2.05, 4.69) is 5.16 Å². The third kappa shape index (κ3) is 4.82. The Morgan fingerprint density at radius 3 is 2.82 bits per heavy atom. The molecule has 3 N–H and O–H groups in total. The van der Waals surface area contributed by atoms with Gasteiger partial charge in [-0.2, -0.15) is 0 Å². The van der Waals surface area contributed by atoms with Crippen molar-refractivity contribution in [2.75, 3.05) is 13.6 Å². The molecule has 0 spiro atoms. The van der Waals surface area contributed by atoms with Gasteiger partial charge in [0.1, 0.15) is 11.7 Å². The lowest BCUT2D eigenvalue weighted by atomic mass is 10.2. The van der Waals surface area contributed by atoms with Crippen LogP contribution in [0.2, 0.25) is 0 Å². The van der Waals surface area contributed by atoms with Crippen molar-refractivity contribution in [3.8, 4) is 0 Å². The number of nitrogens with zero attached hydrogens (tertiary/aromatic N) is 2. The van der Waals surface area contributed by atoms with Gasteiger partial charge in [-0.05, 0) is 26.1 Å². The second-order valence-corrected chi connectivity index (χ2v) is 4.02. The Bertz CT molecular complexity index is 382. The smallest absolute Gasteiger partial charge is 0.139 e. The van der Waals surface area contributed by atoms with Gasteiger partial charge in [-0.15, -0.1) is 0 Å². The van der Waals surface area contributed by atoms with Crippen molar-refractivity contribution < 1.29 is 9.60 Å². The highest BCUT2D eigenvalue weighted by Gasteiger charge is 2.05. The summed E-state index contributed by atoms with van der Waals surface area (Å²) < 4.78 is 13.4. The maximum Gasteiger partial charge on any atom is 0.139 e. The minimum absolute atomic E-state index is 0.184. The van der Waals surface area contributed by atoms with Crippen LogP contribution in [0.15, 0.2) is 29.4 Å². The quantitative estimate of drug-likeness (QED) is 0.344. The zero-order valence-corrected chi connectivity index (χ0v) is 9.93. The van der Waals surface area contributed by atoms with E-state index in [9.17, 15) is 4.39 Å². The van der Waals surface area contributed by atoms with Crippen LogP contribution in [0.4, 0.5) is 4.39 Å². The number of benzene rings is 1. The van der Waals surface area contributed by atoms with Gasteiger partial charge < -0.3 is 15.8 Å². The van der Waals surface area contributed by atoms with Crippen molar-refractivity contribution in [3.05, 3.63) is 35.6 Å². The van der Waals surface area contributed by atoms with Crippen molar-refractivity contribution in [1.29, 1.82) is 0 Å². The molecule has 1 aromatic rings. The van der Waals surface area contributed by atoms with Gasteiger partial charge in [0.05, 0.1) is 0 Å². The van der Waals surface area contributed by atoms with Crippen LogP contribution in [0.25, 0.3) is 0 Å². The SMILES string of the molecule is CN(CCCC(N)=NO)Cc1ccccc1F. The molecule has 0 unspecified atom stereocenters. The summed E-state index contributed by atoms with van der Waals surface area (Å²) in [5.74, 6) is 0.0417. The molecule has 0 aliphatic rings. The first kappa shape index (κ1) is 13.4. The van der Waals surface area contributed by atoms with Gasteiger partial charge in [0.2, 0.25) is 0 Å². The van der Waals surface area contributed by atoms with E-state index in [1.807, 2.05) is 18.0 Å². The molecule has 0 saturated heterocycles. The molecule has 0 aliphatic carbocycles. The third-order valence-electron chi connectivity index (χ3n) is 2.50. The number of amidine groups is 1. The Hall–Kier alpha value is -1.62. The lowest BCUT2D eigenvalue weighted by Crippen LogP contribution is -2.21. The first-order chi connectivity index (χ1) is 8.13. The molecular weight excluding hydrogens is 221 g/mol. The average molecular weight is 239 g/mol. The first-order valence-electron chi connectivity index (χ1n) is 5.52. The minimum Gasteiger partial charge on any atom is -0.409 e. The molecule has 0 atom stereocenters. The molecule has 0 aromatic heterocycles. The van der Waals surface area contributed by atoms with Gasteiger partial charge in [-0.1, -0.05) is 23.4 Å². The molecule has 5 heteroatoms. The molecule has 0 aliphatic heterocycles. The van der Waals surface area contributed by atoms with Gasteiger partial charge >= 0.3 is 0 Å². The van der Waals surface area contributed by atoms with Gasteiger partial charge in [0.15, 0.2) is 0 Å². The highest BCUT2D eigenvalue weighted by atomic mass is 19.1. The van der Waals surface area contributed by atoms with E-state index in [0.717, 1.165) is 13.0 Å². The predicted octanol–water partition coefficient (Wildman–Crippen LogP) is 1.78. The zero-order chi connectivity index (χ0) is 12.7. The summed E-state index contributed by atoms with van der Waals surface area (Å²) in [6.07, 6.45) is 1.32. The summed E-state index contributed by atoms with van der Waals surface area (Å²) in [6.45, 7) is 1.33. The lowest BCUT2D eigenvalue weighted by molar-refractivity contribution is 0.309. The average Bonchev–Trinajstić information content (AvgIpc) is 2.32. The molecule has 0 saturated carbocycles. The Labute approximate surface area is 101 Å². The van der Waals surface area contributed by atoms with E-state index in [4.69, 9.17) is 10.9 Å². The van der Waals surface area contributed by atoms with Crippen LogP contribution < -0.4 is 5.73 Å². The van der Waals surface area contributed by atoms with Gasteiger partial charge in [-0.25, -0.2) is 4.39 Å². The van der Waals surface area contributed by atoms with E-state index >= 15 is 0 Å². The second kappa shape index (κ2) is 6.85. The van der Waals surface area contributed by atoms with Crippen molar-refractivity contribution in [3.63, 3.8) is 0 Å². The Morgan fingerprint density at radius 2 is 2.18 bits per heavy atom. The summed E-state index contributed by atoms with van der Waals surface area (Å²) in [5, 5.41) is 11.3. The summed E-state index contributed by atoms with van der Waals surface area (Å²) in [7, 11) is 1.92. The highest BCUT2D eigenvalue weighted by molar-refractivity contribution is 5.79. The molecule has 4 nitrogen and oxygen atoms in total. The van der Waals surface area contributed by atoms with Crippen LogP contribution in [0.5, 0.6) is 0 Å². The summed E-state index contributed by atoms with van der Waals surface area (Å²) >= 11 is 0. The Balaban J connectivity index is 2.35. The lowest BCUT2D eigenvalue weighted by Gasteiger charge is -2.16. The minimum atomic E-state index is -0.184. The van der Waals surface area contributed by atoms with E-state index in [0.29, 0.717) is 18.5 Å². The molecule has 0 bridgehead atoms. The molecular formula is C12H18FN3O. The summed E-state index contributed by atoms with van der Waals surface area (Å²) in [4.78, 5) is 2.00. The molecule has 0 radical (unpaired) electrons. The maximum atomic E-state index is 13.4. The number of oxime groups is 1. The van der Waals surface area contributed by atoms with Crippen LogP contribution >= 0.6 is 0 Å². The Kier molecular flexibility index (Phi) is 5.42. The summed E-state index contributed by atoms with van der Waals surface area (Å²) in [6, 6.07) is 6.73. The number of nitrogens with two attached hydrogens (primary N) is 1. The number of hydrogen-bond acceptors (Lipinski definition) is 3. The van der Waals surface area contributed by atoms with Crippen LogP contribution in [-0.2, 0) is 6.54 Å². The third-order valence-corrected chi connectivity index (χ3v) is 2.50. The fourth-order valence-corrected chi connectivity index (χ4v) is 1.58. The molecule has 1 aromatic carbocycles. The Morgan fingerprint density at radius 1 is 1.47 bits per heavy atom. The molecule has 1 rings (SSSR count). The van der Waals surface area contributed by atoms with Crippen LogP contribution in [0, 0.1) is 5.82 Å². The predicted molar refractivity (Wildman–Crippen MR) is 65.4 cm³/mol. The first-order valence-corrected chi connectivity index (χ1v) is 5.52. The molecule has 94 valence electrons. The van der Waals surface area contributed by atoms with Gasteiger partial charge in [0.25, 0.3) is 0 Å². The monoisotopic (exact) mass is 239 g/mol. The summed E-state index contributed by atoms with van der Waals surface area (Å²) in [5.41, 5.74) is 6.04. The topological polar surface area (TPSA) is 61.8 Å².